The Kier molecular flexibility index (Phi) is 3.62. The summed E-state index contributed by atoms with van der Waals surface area (Å²) in [5, 5.41) is 8.87. The zero-order chi connectivity index (χ0) is 11.5. The van der Waals surface area contributed by atoms with Gasteiger partial charge in [0, 0.05) is 11.1 Å². The lowest BCUT2D eigenvalue weighted by molar-refractivity contribution is 0.576. The maximum absolute atomic E-state index is 11.3. The highest BCUT2D eigenvalue weighted by molar-refractivity contribution is 7.90. The predicted octanol–water partition coefficient (Wildman–Crippen LogP) is -0.232. The summed E-state index contributed by atoms with van der Waals surface area (Å²) >= 11 is 0.958. The van der Waals surface area contributed by atoms with Gasteiger partial charge in [-0.05, 0) is 6.92 Å². The minimum absolute atomic E-state index is 0.00685. The summed E-state index contributed by atoms with van der Waals surface area (Å²) < 4.78 is 24.9. The van der Waals surface area contributed by atoms with Gasteiger partial charge in [-0.2, -0.15) is 5.26 Å². The highest BCUT2D eigenvalue weighted by Crippen LogP contribution is 2.00. The number of nitriles is 1. The monoisotopic (exact) mass is 247 g/mol. The molecule has 0 saturated carbocycles. The fourth-order valence-electron chi connectivity index (χ4n) is 0.773. The van der Waals surface area contributed by atoms with Crippen molar-refractivity contribution in [1.82, 2.24) is 9.71 Å². The quantitative estimate of drug-likeness (QED) is 0.766. The average molecular weight is 247 g/mol. The lowest BCUT2D eigenvalue weighted by atomic mass is 10.5. The summed E-state index contributed by atoms with van der Waals surface area (Å²) in [6, 6.07) is 1.63. The van der Waals surface area contributed by atoms with Crippen LogP contribution >= 0.6 is 11.3 Å². The average Bonchev–Trinajstić information content (AvgIpc) is 2.60. The largest absolute Gasteiger partial charge is 0.315 e. The first kappa shape index (κ1) is 11.9. The molecule has 82 valence electrons. The van der Waals surface area contributed by atoms with Gasteiger partial charge < -0.3 is 4.98 Å². The van der Waals surface area contributed by atoms with E-state index in [2.05, 4.69) is 9.71 Å². The van der Waals surface area contributed by atoms with E-state index < -0.39 is 15.3 Å². The van der Waals surface area contributed by atoms with E-state index >= 15 is 0 Å². The maximum atomic E-state index is 11.3. The van der Waals surface area contributed by atoms with Gasteiger partial charge in [-0.3, -0.25) is 4.79 Å². The molecule has 0 spiro atoms. The third-order valence-electron chi connectivity index (χ3n) is 1.68. The van der Waals surface area contributed by atoms with Crippen LogP contribution in [0, 0.1) is 11.3 Å². The second kappa shape index (κ2) is 4.57. The highest BCUT2D eigenvalue weighted by Gasteiger charge is 2.19. The molecule has 0 amide bonds. The van der Waals surface area contributed by atoms with Crippen LogP contribution in [0.3, 0.4) is 0 Å². The number of thiazole rings is 1. The van der Waals surface area contributed by atoms with E-state index in [1.807, 2.05) is 0 Å². The first-order valence-electron chi connectivity index (χ1n) is 4.00. The van der Waals surface area contributed by atoms with Crippen LogP contribution in [-0.4, -0.2) is 18.7 Å². The van der Waals surface area contributed by atoms with Crippen molar-refractivity contribution < 1.29 is 8.42 Å². The fraction of sp³-hybridized carbons (Fsp3) is 0.429. The van der Waals surface area contributed by atoms with Gasteiger partial charge in [-0.15, -0.1) is 0 Å². The summed E-state index contributed by atoms with van der Waals surface area (Å²) in [4.78, 5) is 13.0. The fourth-order valence-corrected chi connectivity index (χ4v) is 2.10. The Labute approximate surface area is 90.6 Å². The molecule has 0 bridgehead atoms. The first-order chi connectivity index (χ1) is 6.95. The van der Waals surface area contributed by atoms with Gasteiger partial charge in [0.2, 0.25) is 10.0 Å². The molecule has 1 atom stereocenters. The van der Waals surface area contributed by atoms with E-state index in [1.54, 1.807) is 6.07 Å². The Morgan fingerprint density at radius 3 is 2.87 bits per heavy atom. The molecule has 1 rings (SSSR count). The summed E-state index contributed by atoms with van der Waals surface area (Å²) in [5.74, 6) is 0. The van der Waals surface area contributed by atoms with Gasteiger partial charge >= 0.3 is 4.87 Å². The molecule has 15 heavy (non-hydrogen) atoms. The Bertz CT molecular complexity index is 522. The first-order valence-corrected chi connectivity index (χ1v) is 6.43. The normalized spacial score (nSPS) is 13.3. The van der Waals surface area contributed by atoms with Gasteiger partial charge in [0.25, 0.3) is 0 Å². The number of hydrogen-bond acceptors (Lipinski definition) is 5. The number of rotatable bonds is 4. The molecule has 0 radical (unpaired) electrons. The summed E-state index contributed by atoms with van der Waals surface area (Å²) in [7, 11) is -3.63. The SMILES string of the molecule is CC(C#N)S(=O)(=O)NCc1csc(=O)[nH]1. The molecule has 1 unspecified atom stereocenters. The van der Waals surface area contributed by atoms with Crippen LogP contribution in [0.4, 0.5) is 0 Å². The molecule has 1 heterocycles. The molecular formula is C7H9N3O3S2. The number of hydrogen-bond donors (Lipinski definition) is 2. The second-order valence-electron chi connectivity index (χ2n) is 2.81. The summed E-state index contributed by atoms with van der Waals surface area (Å²) in [6.45, 7) is 1.28. The maximum Gasteiger partial charge on any atom is 0.304 e. The molecule has 0 aliphatic heterocycles. The highest BCUT2D eigenvalue weighted by atomic mass is 32.2. The van der Waals surface area contributed by atoms with Crippen LogP contribution < -0.4 is 9.60 Å². The van der Waals surface area contributed by atoms with E-state index in [1.165, 1.54) is 12.3 Å². The topological polar surface area (TPSA) is 103 Å². The van der Waals surface area contributed by atoms with Crippen molar-refractivity contribution in [2.45, 2.75) is 18.7 Å². The van der Waals surface area contributed by atoms with Crippen molar-refractivity contribution in [1.29, 1.82) is 5.26 Å². The van der Waals surface area contributed by atoms with E-state index in [-0.39, 0.29) is 11.4 Å². The lowest BCUT2D eigenvalue weighted by Gasteiger charge is -2.05. The van der Waals surface area contributed by atoms with Crippen molar-refractivity contribution in [2.75, 3.05) is 0 Å². The van der Waals surface area contributed by atoms with Gasteiger partial charge in [0.1, 0.15) is 0 Å². The Hall–Kier alpha value is -1.17. The van der Waals surface area contributed by atoms with E-state index in [0.29, 0.717) is 5.69 Å². The van der Waals surface area contributed by atoms with Crippen LogP contribution in [0.5, 0.6) is 0 Å². The van der Waals surface area contributed by atoms with Gasteiger partial charge in [-0.25, -0.2) is 13.1 Å². The zero-order valence-electron chi connectivity index (χ0n) is 7.85. The van der Waals surface area contributed by atoms with Crippen molar-refractivity contribution in [3.8, 4) is 6.07 Å². The molecular weight excluding hydrogens is 238 g/mol. The van der Waals surface area contributed by atoms with Crippen molar-refractivity contribution >= 4 is 21.4 Å². The van der Waals surface area contributed by atoms with E-state index in [9.17, 15) is 13.2 Å². The molecule has 0 aromatic carbocycles. The minimum atomic E-state index is -3.63. The number of aromatic amines is 1. The lowest BCUT2D eigenvalue weighted by Crippen LogP contribution is -2.31. The molecule has 0 aliphatic rings. The number of nitrogens with zero attached hydrogens (tertiary/aromatic N) is 1. The van der Waals surface area contributed by atoms with Crippen LogP contribution in [0.25, 0.3) is 0 Å². The molecule has 0 aliphatic carbocycles. The van der Waals surface area contributed by atoms with Crippen LogP contribution in [0.15, 0.2) is 10.2 Å². The standard InChI is InChI=1S/C7H9N3O3S2/c1-5(2-8)15(12,13)9-3-6-4-14-7(11)10-6/h4-5,9H,3H2,1H3,(H,10,11). The second-order valence-corrected chi connectivity index (χ2v) is 5.74. The van der Waals surface area contributed by atoms with Crippen molar-refractivity contribution in [3.05, 3.63) is 20.7 Å². The van der Waals surface area contributed by atoms with Gasteiger partial charge in [0.15, 0.2) is 5.25 Å². The molecule has 1 aromatic rings. The van der Waals surface area contributed by atoms with E-state index in [0.717, 1.165) is 11.3 Å². The Balaban J connectivity index is 2.66. The van der Waals surface area contributed by atoms with Crippen molar-refractivity contribution in [3.63, 3.8) is 0 Å². The third kappa shape index (κ3) is 3.16. The molecule has 0 saturated heterocycles. The van der Waals surface area contributed by atoms with Crippen molar-refractivity contribution in [2.24, 2.45) is 0 Å². The smallest absolute Gasteiger partial charge is 0.304 e. The third-order valence-corrected chi connectivity index (χ3v) is 3.98. The summed E-state index contributed by atoms with van der Waals surface area (Å²) in [6.07, 6.45) is 0. The van der Waals surface area contributed by atoms with Gasteiger partial charge in [-0.1, -0.05) is 11.3 Å². The predicted molar refractivity (Wildman–Crippen MR) is 55.8 cm³/mol. The van der Waals surface area contributed by atoms with Gasteiger partial charge in [0.05, 0.1) is 12.6 Å². The van der Waals surface area contributed by atoms with E-state index in [4.69, 9.17) is 5.26 Å². The number of nitrogens with one attached hydrogen (secondary N) is 2. The Morgan fingerprint density at radius 1 is 1.73 bits per heavy atom. The molecule has 8 heteroatoms. The van der Waals surface area contributed by atoms with Crippen LogP contribution in [0.1, 0.15) is 12.6 Å². The Morgan fingerprint density at radius 2 is 2.40 bits per heavy atom. The minimum Gasteiger partial charge on any atom is -0.315 e. The molecule has 0 fully saturated rings. The van der Waals surface area contributed by atoms with Crippen LogP contribution in [0.2, 0.25) is 0 Å². The molecule has 1 aromatic heterocycles. The van der Waals surface area contributed by atoms with Crippen LogP contribution in [-0.2, 0) is 16.6 Å². The molecule has 2 N–H and O–H groups in total. The number of sulfonamides is 1. The summed E-state index contributed by atoms with van der Waals surface area (Å²) in [5.41, 5.74) is 0.485. The number of H-pyrrole nitrogens is 1. The molecule has 6 nitrogen and oxygen atoms in total. The number of aromatic nitrogens is 1. The zero-order valence-corrected chi connectivity index (χ0v) is 9.48.